The molecule has 3 nitrogen and oxygen atoms in total. The van der Waals surface area contributed by atoms with E-state index in [4.69, 9.17) is 0 Å². The molecule has 2 N–H and O–H groups in total. The Balaban J connectivity index is 1.58. The number of aromatic nitrogens is 1. The van der Waals surface area contributed by atoms with Gasteiger partial charge in [-0.15, -0.1) is 0 Å². The Morgan fingerprint density at radius 3 is 2.59 bits per heavy atom. The Hall–Kier alpha value is -2.55. The molecule has 0 fully saturated rings. The number of aromatic amines is 1. The highest BCUT2D eigenvalue weighted by molar-refractivity contribution is 5.84. The van der Waals surface area contributed by atoms with Crippen molar-refractivity contribution < 1.29 is 4.79 Å². The molecule has 0 aliphatic carbocycles. The zero-order valence-electron chi connectivity index (χ0n) is 12.7. The van der Waals surface area contributed by atoms with Crippen LogP contribution in [0.5, 0.6) is 0 Å². The fourth-order valence-electron chi connectivity index (χ4n) is 2.83. The van der Waals surface area contributed by atoms with Gasteiger partial charge in [0.2, 0.25) is 5.91 Å². The Morgan fingerprint density at radius 2 is 1.77 bits per heavy atom. The topological polar surface area (TPSA) is 44.9 Å². The summed E-state index contributed by atoms with van der Waals surface area (Å²) in [5, 5.41) is 4.26. The summed E-state index contributed by atoms with van der Waals surface area (Å²) < 4.78 is 0. The number of benzene rings is 2. The van der Waals surface area contributed by atoms with Crippen LogP contribution in [0.2, 0.25) is 0 Å². The van der Waals surface area contributed by atoms with E-state index in [2.05, 4.69) is 29.4 Å². The summed E-state index contributed by atoms with van der Waals surface area (Å²) in [7, 11) is 0. The second kappa shape index (κ2) is 6.48. The molecule has 0 aliphatic heterocycles. The highest BCUT2D eigenvalue weighted by Gasteiger charge is 2.08. The Bertz CT molecular complexity index is 774. The maximum atomic E-state index is 12.0. The number of nitrogens with one attached hydrogen (secondary N) is 2. The first-order valence-electron chi connectivity index (χ1n) is 7.61. The summed E-state index contributed by atoms with van der Waals surface area (Å²) in [6.07, 6.45) is 1.28. The van der Waals surface area contributed by atoms with Crippen LogP contribution in [-0.2, 0) is 17.6 Å². The minimum absolute atomic E-state index is 0.0729. The number of amides is 1. The fourth-order valence-corrected chi connectivity index (χ4v) is 2.83. The Morgan fingerprint density at radius 1 is 1.05 bits per heavy atom. The predicted molar refractivity (Wildman–Crippen MR) is 89.9 cm³/mol. The molecule has 1 heterocycles. The van der Waals surface area contributed by atoms with Gasteiger partial charge in [0.05, 0.1) is 6.42 Å². The summed E-state index contributed by atoms with van der Waals surface area (Å²) >= 11 is 0. The van der Waals surface area contributed by atoms with Crippen LogP contribution >= 0.6 is 0 Å². The van der Waals surface area contributed by atoms with Crippen LogP contribution < -0.4 is 5.32 Å². The lowest BCUT2D eigenvalue weighted by atomic mass is 10.1. The monoisotopic (exact) mass is 292 g/mol. The van der Waals surface area contributed by atoms with Crippen molar-refractivity contribution in [3.05, 3.63) is 71.4 Å². The molecule has 0 atom stereocenters. The number of carbonyl (C=O) groups excluding carboxylic acids is 1. The second-order valence-electron chi connectivity index (χ2n) is 5.54. The molecule has 0 aliphatic rings. The van der Waals surface area contributed by atoms with E-state index < -0.39 is 0 Å². The summed E-state index contributed by atoms with van der Waals surface area (Å²) in [5.74, 6) is 0.0729. The maximum Gasteiger partial charge on any atom is 0.224 e. The molecule has 0 saturated carbocycles. The van der Waals surface area contributed by atoms with E-state index in [1.54, 1.807) is 0 Å². The molecule has 0 saturated heterocycles. The molecule has 22 heavy (non-hydrogen) atoms. The predicted octanol–water partition coefficient (Wildman–Crippen LogP) is 3.38. The average Bonchev–Trinajstić information content (AvgIpc) is 2.84. The third kappa shape index (κ3) is 3.19. The van der Waals surface area contributed by atoms with E-state index in [-0.39, 0.29) is 5.91 Å². The zero-order valence-corrected chi connectivity index (χ0v) is 12.7. The summed E-state index contributed by atoms with van der Waals surface area (Å²) in [6.45, 7) is 2.75. The van der Waals surface area contributed by atoms with Crippen LogP contribution in [0, 0.1) is 6.92 Å². The lowest BCUT2D eigenvalue weighted by Crippen LogP contribution is -2.27. The first kappa shape index (κ1) is 14.4. The van der Waals surface area contributed by atoms with Gasteiger partial charge in [0, 0.05) is 23.1 Å². The zero-order chi connectivity index (χ0) is 15.4. The number of aryl methyl sites for hydroxylation is 1. The molecule has 3 heteroatoms. The smallest absolute Gasteiger partial charge is 0.224 e. The van der Waals surface area contributed by atoms with Gasteiger partial charge in [-0.25, -0.2) is 0 Å². The van der Waals surface area contributed by atoms with Crippen molar-refractivity contribution >= 4 is 16.8 Å². The van der Waals surface area contributed by atoms with Crippen LogP contribution in [0.15, 0.2) is 54.6 Å². The number of fused-ring (bicyclic) bond motifs is 1. The minimum atomic E-state index is 0.0729. The van der Waals surface area contributed by atoms with E-state index in [1.165, 1.54) is 16.6 Å². The molecule has 0 unspecified atom stereocenters. The molecule has 0 bridgehead atoms. The number of carbonyl (C=O) groups is 1. The standard InChI is InChI=1S/C19H20N2O/c1-14-16(17-9-5-6-10-18(17)21-14)11-12-20-19(22)13-15-7-3-2-4-8-15/h2-10,21H,11-13H2,1H3,(H,20,22). The normalized spacial score (nSPS) is 10.8. The van der Waals surface area contributed by atoms with Crippen LogP contribution in [0.3, 0.4) is 0 Å². The highest BCUT2D eigenvalue weighted by atomic mass is 16.1. The van der Waals surface area contributed by atoms with E-state index in [1.807, 2.05) is 42.5 Å². The van der Waals surface area contributed by atoms with Gasteiger partial charge < -0.3 is 10.3 Å². The molecule has 1 amide bonds. The largest absolute Gasteiger partial charge is 0.358 e. The third-order valence-electron chi connectivity index (χ3n) is 3.93. The van der Waals surface area contributed by atoms with E-state index >= 15 is 0 Å². The Labute approximate surface area is 130 Å². The number of H-pyrrole nitrogens is 1. The third-order valence-corrected chi connectivity index (χ3v) is 3.93. The molecule has 3 aromatic rings. The van der Waals surface area contributed by atoms with Crippen LogP contribution in [-0.4, -0.2) is 17.4 Å². The lowest BCUT2D eigenvalue weighted by Gasteiger charge is -2.06. The van der Waals surface area contributed by atoms with Gasteiger partial charge in [-0.2, -0.15) is 0 Å². The number of hydrogen-bond acceptors (Lipinski definition) is 1. The van der Waals surface area contributed by atoms with Gasteiger partial charge in [0.25, 0.3) is 0 Å². The molecule has 3 rings (SSSR count). The molecular formula is C19H20N2O. The first-order chi connectivity index (χ1) is 10.7. The molecule has 2 aromatic carbocycles. The van der Waals surface area contributed by atoms with Crippen LogP contribution in [0.4, 0.5) is 0 Å². The summed E-state index contributed by atoms with van der Waals surface area (Å²) in [4.78, 5) is 15.4. The van der Waals surface area contributed by atoms with E-state index in [0.717, 1.165) is 17.5 Å². The second-order valence-corrected chi connectivity index (χ2v) is 5.54. The number of para-hydroxylation sites is 1. The van der Waals surface area contributed by atoms with Crippen molar-refractivity contribution in [1.29, 1.82) is 0 Å². The van der Waals surface area contributed by atoms with Gasteiger partial charge in [-0.05, 0) is 30.5 Å². The van der Waals surface area contributed by atoms with Gasteiger partial charge >= 0.3 is 0 Å². The first-order valence-corrected chi connectivity index (χ1v) is 7.61. The summed E-state index contributed by atoms with van der Waals surface area (Å²) in [6, 6.07) is 18.1. The summed E-state index contributed by atoms with van der Waals surface area (Å²) in [5.41, 5.74) is 4.67. The van der Waals surface area contributed by atoms with Gasteiger partial charge in [-0.3, -0.25) is 4.79 Å². The van der Waals surface area contributed by atoms with Gasteiger partial charge in [0.15, 0.2) is 0 Å². The van der Waals surface area contributed by atoms with Crippen molar-refractivity contribution in [3.8, 4) is 0 Å². The van der Waals surface area contributed by atoms with Crippen LogP contribution in [0.1, 0.15) is 16.8 Å². The average molecular weight is 292 g/mol. The maximum absolute atomic E-state index is 12.0. The number of hydrogen-bond donors (Lipinski definition) is 2. The Kier molecular flexibility index (Phi) is 4.24. The van der Waals surface area contributed by atoms with Crippen molar-refractivity contribution in [2.45, 2.75) is 19.8 Å². The quantitative estimate of drug-likeness (QED) is 0.744. The SMILES string of the molecule is Cc1[nH]c2ccccc2c1CCNC(=O)Cc1ccccc1. The van der Waals surface area contributed by atoms with E-state index in [9.17, 15) is 4.79 Å². The molecule has 1 aromatic heterocycles. The van der Waals surface area contributed by atoms with Crippen molar-refractivity contribution in [2.24, 2.45) is 0 Å². The fraction of sp³-hybridized carbons (Fsp3) is 0.211. The van der Waals surface area contributed by atoms with Crippen molar-refractivity contribution in [1.82, 2.24) is 10.3 Å². The molecule has 0 radical (unpaired) electrons. The van der Waals surface area contributed by atoms with Gasteiger partial charge in [-0.1, -0.05) is 48.5 Å². The minimum Gasteiger partial charge on any atom is -0.358 e. The molecule has 112 valence electrons. The lowest BCUT2D eigenvalue weighted by molar-refractivity contribution is -0.120. The van der Waals surface area contributed by atoms with Crippen LogP contribution in [0.25, 0.3) is 10.9 Å². The van der Waals surface area contributed by atoms with E-state index in [0.29, 0.717) is 13.0 Å². The number of rotatable bonds is 5. The van der Waals surface area contributed by atoms with Gasteiger partial charge in [0.1, 0.15) is 0 Å². The highest BCUT2D eigenvalue weighted by Crippen LogP contribution is 2.21. The van der Waals surface area contributed by atoms with Crippen molar-refractivity contribution in [2.75, 3.05) is 6.54 Å². The molecular weight excluding hydrogens is 272 g/mol. The molecule has 0 spiro atoms. The van der Waals surface area contributed by atoms with Crippen molar-refractivity contribution in [3.63, 3.8) is 0 Å².